The first-order chi connectivity index (χ1) is 13.7. The fourth-order valence-electron chi connectivity index (χ4n) is 3.33. The van der Waals surface area contributed by atoms with Gasteiger partial charge in [0, 0.05) is 31.1 Å². The molecule has 0 saturated carbocycles. The Morgan fingerprint density at radius 3 is 2.41 bits per heavy atom. The van der Waals surface area contributed by atoms with Crippen LogP contribution in [0.1, 0.15) is 23.2 Å². The van der Waals surface area contributed by atoms with E-state index < -0.39 is 40.7 Å². The first kappa shape index (κ1) is 19.5. The van der Waals surface area contributed by atoms with E-state index in [0.717, 1.165) is 22.3 Å². The van der Waals surface area contributed by atoms with Crippen molar-refractivity contribution < 1.29 is 26.3 Å². The molecule has 3 aromatic rings. The lowest BCUT2D eigenvalue weighted by molar-refractivity contribution is -0.141. The summed E-state index contributed by atoms with van der Waals surface area (Å²) in [4.78, 5) is 3.34. The Balaban J connectivity index is 1.71. The van der Waals surface area contributed by atoms with Crippen molar-refractivity contribution >= 4 is 11.5 Å². The average molecular weight is 415 g/mol. The minimum atomic E-state index is -4.81. The maximum absolute atomic E-state index is 13.2. The number of anilines is 1. The van der Waals surface area contributed by atoms with Crippen LogP contribution in [-0.2, 0) is 11.6 Å². The van der Waals surface area contributed by atoms with Crippen molar-refractivity contribution in [1.29, 1.82) is 0 Å². The van der Waals surface area contributed by atoms with E-state index in [1.807, 2.05) is 0 Å². The third-order valence-electron chi connectivity index (χ3n) is 5.02. The monoisotopic (exact) mass is 415 g/mol. The van der Waals surface area contributed by atoms with Crippen molar-refractivity contribution in [2.75, 3.05) is 25.0 Å². The minimum Gasteiger partial charge on any atom is -0.369 e. The second kappa shape index (κ2) is 6.90. The van der Waals surface area contributed by atoms with Crippen molar-refractivity contribution in [1.82, 2.24) is 19.9 Å². The summed E-state index contributed by atoms with van der Waals surface area (Å²) in [5.41, 5.74) is -2.21. The van der Waals surface area contributed by atoms with Crippen LogP contribution in [0.2, 0.25) is 0 Å². The van der Waals surface area contributed by atoms with Gasteiger partial charge in [0.2, 0.25) is 0 Å². The molecule has 3 heterocycles. The lowest BCUT2D eigenvalue weighted by Gasteiger charge is -2.43. The van der Waals surface area contributed by atoms with Crippen LogP contribution in [0.5, 0.6) is 0 Å². The molecule has 1 aliphatic rings. The quantitative estimate of drug-likeness (QED) is 0.623. The van der Waals surface area contributed by atoms with E-state index in [1.165, 1.54) is 12.1 Å². The zero-order valence-electron chi connectivity index (χ0n) is 14.8. The molecular formula is C18H15F6N5. The molecule has 11 heteroatoms. The van der Waals surface area contributed by atoms with Crippen LogP contribution in [-0.4, -0.2) is 34.2 Å². The van der Waals surface area contributed by atoms with E-state index in [2.05, 4.69) is 20.7 Å². The Morgan fingerprint density at radius 2 is 1.86 bits per heavy atom. The lowest BCUT2D eigenvalue weighted by Crippen LogP contribution is -2.60. The van der Waals surface area contributed by atoms with Gasteiger partial charge in [-0.2, -0.15) is 22.8 Å². The van der Waals surface area contributed by atoms with Crippen molar-refractivity contribution in [3.8, 4) is 0 Å². The molecule has 0 unspecified atom stereocenters. The van der Waals surface area contributed by atoms with Crippen LogP contribution in [0.4, 0.5) is 32.2 Å². The van der Waals surface area contributed by atoms with Gasteiger partial charge in [-0.1, -0.05) is 12.1 Å². The smallest absolute Gasteiger partial charge is 0.369 e. The third kappa shape index (κ3) is 3.50. The number of fused-ring (bicyclic) bond motifs is 1. The highest BCUT2D eigenvalue weighted by molar-refractivity contribution is 5.55. The Kier molecular flexibility index (Phi) is 4.64. The number of hydrogen-bond donors (Lipinski definition) is 2. The molecule has 0 radical (unpaired) electrons. The summed E-state index contributed by atoms with van der Waals surface area (Å²) in [5.74, 6) is -0.506. The standard InChI is InChI=1S/C18H15F6N5/c19-11-3-1-10(2-4-11)17(7-25-8-17)9-26-14-5-13(18(22,23)24)28-16-12(15(20)21)6-27-29(14)16/h1-6,15,25-26H,7-9H2. The first-order valence-corrected chi connectivity index (χ1v) is 8.64. The second-order valence-electron chi connectivity index (χ2n) is 6.90. The number of benzene rings is 1. The molecule has 2 N–H and O–H groups in total. The van der Waals surface area contributed by atoms with Crippen LogP contribution >= 0.6 is 0 Å². The highest BCUT2D eigenvalue weighted by atomic mass is 19.4. The molecule has 2 aromatic heterocycles. The van der Waals surface area contributed by atoms with Gasteiger partial charge in [-0.3, -0.25) is 0 Å². The van der Waals surface area contributed by atoms with Crippen LogP contribution in [0.3, 0.4) is 0 Å². The number of nitrogens with zero attached hydrogens (tertiary/aromatic N) is 3. The molecule has 154 valence electrons. The molecule has 1 fully saturated rings. The highest BCUT2D eigenvalue weighted by Crippen LogP contribution is 2.34. The minimum absolute atomic E-state index is 0.109. The van der Waals surface area contributed by atoms with Crippen LogP contribution in [0.25, 0.3) is 5.65 Å². The van der Waals surface area contributed by atoms with Crippen LogP contribution in [0.15, 0.2) is 36.5 Å². The fourth-order valence-corrected chi connectivity index (χ4v) is 3.33. The molecule has 0 amide bonds. The SMILES string of the molecule is Fc1ccc(C2(CNc3cc(C(F)(F)F)nc4c(C(F)F)cnn34)CNC2)cc1. The van der Waals surface area contributed by atoms with Gasteiger partial charge in [0.1, 0.15) is 11.6 Å². The second-order valence-corrected chi connectivity index (χ2v) is 6.90. The molecule has 5 nitrogen and oxygen atoms in total. The van der Waals surface area contributed by atoms with Gasteiger partial charge in [-0.05, 0) is 17.7 Å². The maximum Gasteiger partial charge on any atom is 0.433 e. The van der Waals surface area contributed by atoms with Gasteiger partial charge >= 0.3 is 6.18 Å². The molecule has 0 bridgehead atoms. The van der Waals surface area contributed by atoms with Gasteiger partial charge in [0.25, 0.3) is 6.43 Å². The highest BCUT2D eigenvalue weighted by Gasteiger charge is 2.39. The predicted molar refractivity (Wildman–Crippen MR) is 92.4 cm³/mol. The van der Waals surface area contributed by atoms with Gasteiger partial charge in [0.15, 0.2) is 11.3 Å². The largest absolute Gasteiger partial charge is 0.433 e. The first-order valence-electron chi connectivity index (χ1n) is 8.64. The molecule has 1 aromatic carbocycles. The predicted octanol–water partition coefficient (Wildman–Crippen LogP) is 3.78. The summed E-state index contributed by atoms with van der Waals surface area (Å²) in [6, 6.07) is 6.59. The Morgan fingerprint density at radius 1 is 1.17 bits per heavy atom. The van der Waals surface area contributed by atoms with Crippen LogP contribution < -0.4 is 10.6 Å². The summed E-state index contributed by atoms with van der Waals surface area (Å²) in [6.07, 6.45) is -7.02. The number of aromatic nitrogens is 3. The van der Waals surface area contributed by atoms with Gasteiger partial charge < -0.3 is 10.6 Å². The number of alkyl halides is 5. The molecule has 29 heavy (non-hydrogen) atoms. The Bertz CT molecular complexity index is 1020. The molecule has 0 atom stereocenters. The van der Waals surface area contributed by atoms with Gasteiger partial charge in [-0.15, -0.1) is 0 Å². The molecule has 1 aliphatic heterocycles. The molecule has 0 aliphatic carbocycles. The topological polar surface area (TPSA) is 54.2 Å². The van der Waals surface area contributed by atoms with E-state index in [4.69, 9.17) is 0 Å². The molecular weight excluding hydrogens is 400 g/mol. The number of hydrogen-bond acceptors (Lipinski definition) is 4. The summed E-state index contributed by atoms with van der Waals surface area (Å²) < 4.78 is 80.2. The maximum atomic E-state index is 13.2. The number of halogens is 6. The van der Waals surface area contributed by atoms with E-state index in [1.54, 1.807) is 12.1 Å². The molecule has 0 spiro atoms. The van der Waals surface area contributed by atoms with E-state index >= 15 is 0 Å². The molecule has 1 saturated heterocycles. The normalized spacial score (nSPS) is 16.2. The Labute approximate surface area is 160 Å². The van der Waals surface area contributed by atoms with Gasteiger partial charge in [-0.25, -0.2) is 18.2 Å². The average Bonchev–Trinajstić information content (AvgIpc) is 3.05. The fraction of sp³-hybridized carbons (Fsp3) is 0.333. The summed E-state index contributed by atoms with van der Waals surface area (Å²) in [5, 5.41) is 9.76. The summed E-state index contributed by atoms with van der Waals surface area (Å²) in [7, 11) is 0. The lowest BCUT2D eigenvalue weighted by atomic mass is 9.75. The summed E-state index contributed by atoms with van der Waals surface area (Å²) in [6.45, 7) is 1.23. The Hall–Kier alpha value is -2.82. The van der Waals surface area contributed by atoms with E-state index in [-0.39, 0.29) is 12.4 Å². The van der Waals surface area contributed by atoms with Crippen molar-refractivity contribution in [3.63, 3.8) is 0 Å². The number of nitrogens with one attached hydrogen (secondary N) is 2. The van der Waals surface area contributed by atoms with E-state index in [0.29, 0.717) is 13.1 Å². The van der Waals surface area contributed by atoms with Crippen molar-refractivity contribution in [3.05, 3.63) is 59.2 Å². The van der Waals surface area contributed by atoms with Gasteiger partial charge in [0.05, 0.1) is 11.8 Å². The van der Waals surface area contributed by atoms with Crippen molar-refractivity contribution in [2.45, 2.75) is 18.0 Å². The zero-order valence-corrected chi connectivity index (χ0v) is 14.8. The molecule has 4 rings (SSSR count). The van der Waals surface area contributed by atoms with Crippen LogP contribution in [0, 0.1) is 5.82 Å². The number of rotatable bonds is 5. The third-order valence-corrected chi connectivity index (χ3v) is 5.02. The summed E-state index contributed by atoms with van der Waals surface area (Å²) >= 11 is 0. The van der Waals surface area contributed by atoms with E-state index in [9.17, 15) is 26.3 Å². The van der Waals surface area contributed by atoms with Crippen molar-refractivity contribution in [2.24, 2.45) is 0 Å². The zero-order chi connectivity index (χ0) is 20.8.